The number of rotatable bonds is 3. The van der Waals surface area contributed by atoms with Crippen LogP contribution in [-0.4, -0.2) is 32.0 Å². The minimum Gasteiger partial charge on any atom is -0.274 e. The third-order valence-electron chi connectivity index (χ3n) is 5.83. The zero-order valence-corrected chi connectivity index (χ0v) is 16.6. The first-order chi connectivity index (χ1) is 13.5. The van der Waals surface area contributed by atoms with Crippen molar-refractivity contribution in [3.63, 3.8) is 0 Å². The van der Waals surface area contributed by atoms with Gasteiger partial charge in [-0.05, 0) is 43.9 Å². The van der Waals surface area contributed by atoms with E-state index in [9.17, 15) is 8.42 Å². The Balaban J connectivity index is 1.72. The standard InChI is InChI=1S/C20H21N5O2S/c1-13-6-8-15(9-7-13)28(26,27)24-11-10-17-20(24)21-12-18-22-23-19(25(17)18)16-5-3-4-14(16)2/h6-12,14,16H,3-5H2,1-2H3. The van der Waals surface area contributed by atoms with E-state index in [0.29, 0.717) is 28.6 Å². The van der Waals surface area contributed by atoms with E-state index < -0.39 is 10.0 Å². The molecule has 8 heteroatoms. The Morgan fingerprint density at radius 2 is 1.86 bits per heavy atom. The molecule has 2 atom stereocenters. The molecule has 0 aliphatic heterocycles. The number of aromatic nitrogens is 5. The summed E-state index contributed by atoms with van der Waals surface area (Å²) >= 11 is 0. The minimum absolute atomic E-state index is 0.242. The van der Waals surface area contributed by atoms with Crippen LogP contribution in [0, 0.1) is 12.8 Å². The topological polar surface area (TPSA) is 82.1 Å². The van der Waals surface area contributed by atoms with Gasteiger partial charge in [0.25, 0.3) is 10.0 Å². The van der Waals surface area contributed by atoms with Crippen molar-refractivity contribution in [2.45, 2.75) is 43.9 Å². The maximum atomic E-state index is 13.2. The van der Waals surface area contributed by atoms with Crippen molar-refractivity contribution in [1.82, 2.24) is 23.6 Å². The molecule has 144 valence electrons. The van der Waals surface area contributed by atoms with Crippen LogP contribution in [0.1, 0.15) is 43.5 Å². The number of fused-ring (bicyclic) bond motifs is 3. The first-order valence-corrected chi connectivity index (χ1v) is 10.9. The van der Waals surface area contributed by atoms with Gasteiger partial charge in [-0.15, -0.1) is 10.2 Å². The van der Waals surface area contributed by atoms with Gasteiger partial charge in [-0.3, -0.25) is 4.40 Å². The Morgan fingerprint density at radius 1 is 1.07 bits per heavy atom. The lowest BCUT2D eigenvalue weighted by Gasteiger charge is -2.13. The zero-order chi connectivity index (χ0) is 19.5. The summed E-state index contributed by atoms with van der Waals surface area (Å²) in [4.78, 5) is 4.64. The summed E-state index contributed by atoms with van der Waals surface area (Å²) in [5, 5.41) is 8.71. The van der Waals surface area contributed by atoms with Gasteiger partial charge in [-0.1, -0.05) is 31.0 Å². The second-order valence-corrected chi connectivity index (χ2v) is 9.48. The molecule has 3 heterocycles. The molecular weight excluding hydrogens is 374 g/mol. The van der Waals surface area contributed by atoms with Crippen LogP contribution in [0.25, 0.3) is 16.8 Å². The second-order valence-electron chi connectivity index (χ2n) is 7.66. The molecule has 1 aliphatic rings. The van der Waals surface area contributed by atoms with Crippen molar-refractivity contribution in [3.8, 4) is 0 Å². The van der Waals surface area contributed by atoms with Gasteiger partial charge in [-0.2, -0.15) is 0 Å². The van der Waals surface area contributed by atoms with E-state index in [1.54, 1.807) is 42.7 Å². The van der Waals surface area contributed by atoms with Crippen LogP contribution >= 0.6 is 0 Å². The van der Waals surface area contributed by atoms with Crippen LogP contribution in [0.5, 0.6) is 0 Å². The lowest BCUT2D eigenvalue weighted by Crippen LogP contribution is -2.13. The van der Waals surface area contributed by atoms with E-state index >= 15 is 0 Å². The molecule has 7 nitrogen and oxygen atoms in total. The molecule has 0 amide bonds. The van der Waals surface area contributed by atoms with Gasteiger partial charge in [0.1, 0.15) is 5.82 Å². The van der Waals surface area contributed by atoms with Crippen molar-refractivity contribution >= 4 is 26.8 Å². The zero-order valence-electron chi connectivity index (χ0n) is 15.8. The van der Waals surface area contributed by atoms with Crippen molar-refractivity contribution in [2.75, 3.05) is 0 Å². The summed E-state index contributed by atoms with van der Waals surface area (Å²) < 4.78 is 29.6. The average Bonchev–Trinajstić information content (AvgIpc) is 3.38. The SMILES string of the molecule is Cc1ccc(S(=O)(=O)n2ccc3c2ncc2nnc(C4CCCC4C)n23)cc1. The fourth-order valence-electron chi connectivity index (χ4n) is 4.24. The number of hydrogen-bond donors (Lipinski definition) is 0. The quantitative estimate of drug-likeness (QED) is 0.530. The van der Waals surface area contributed by atoms with Gasteiger partial charge in [0.2, 0.25) is 0 Å². The molecule has 5 rings (SSSR count). The smallest absolute Gasteiger partial charge is 0.269 e. The van der Waals surface area contributed by atoms with Crippen LogP contribution in [0.3, 0.4) is 0 Å². The Kier molecular flexibility index (Phi) is 3.80. The Morgan fingerprint density at radius 3 is 2.57 bits per heavy atom. The van der Waals surface area contributed by atoms with E-state index in [-0.39, 0.29) is 4.90 Å². The van der Waals surface area contributed by atoms with Gasteiger partial charge in [0.15, 0.2) is 11.3 Å². The molecule has 4 aromatic rings. The Hall–Kier alpha value is -2.74. The third-order valence-corrected chi connectivity index (χ3v) is 7.51. The Labute approximate surface area is 163 Å². The minimum atomic E-state index is -3.73. The average molecular weight is 395 g/mol. The van der Waals surface area contributed by atoms with Crippen molar-refractivity contribution in [1.29, 1.82) is 0 Å². The maximum Gasteiger partial charge on any atom is 0.269 e. The van der Waals surface area contributed by atoms with Gasteiger partial charge in [0.05, 0.1) is 16.6 Å². The van der Waals surface area contributed by atoms with E-state index in [0.717, 1.165) is 17.8 Å². The molecular formula is C20H21N5O2S. The van der Waals surface area contributed by atoms with Gasteiger partial charge < -0.3 is 0 Å². The number of aryl methyl sites for hydroxylation is 1. The first-order valence-electron chi connectivity index (χ1n) is 9.50. The molecule has 0 spiro atoms. The highest BCUT2D eigenvalue weighted by Crippen LogP contribution is 2.39. The number of benzene rings is 1. The molecule has 2 unspecified atom stereocenters. The molecule has 0 radical (unpaired) electrons. The highest BCUT2D eigenvalue weighted by molar-refractivity contribution is 7.90. The lowest BCUT2D eigenvalue weighted by atomic mass is 9.97. The summed E-state index contributed by atoms with van der Waals surface area (Å²) in [7, 11) is -3.73. The van der Waals surface area contributed by atoms with Crippen LogP contribution in [0.2, 0.25) is 0 Å². The van der Waals surface area contributed by atoms with Gasteiger partial charge in [0, 0.05) is 12.1 Å². The van der Waals surface area contributed by atoms with E-state index in [2.05, 4.69) is 22.1 Å². The van der Waals surface area contributed by atoms with E-state index in [1.165, 1.54) is 16.8 Å². The molecule has 0 saturated heterocycles. The molecule has 1 aliphatic carbocycles. The van der Waals surface area contributed by atoms with Gasteiger partial charge in [-0.25, -0.2) is 17.4 Å². The summed E-state index contributed by atoms with van der Waals surface area (Å²) in [6.45, 7) is 4.17. The fourth-order valence-corrected chi connectivity index (χ4v) is 5.54. The second kappa shape index (κ2) is 6.13. The molecule has 3 aromatic heterocycles. The molecule has 1 saturated carbocycles. The van der Waals surface area contributed by atoms with Gasteiger partial charge >= 0.3 is 0 Å². The number of hydrogen-bond acceptors (Lipinski definition) is 5. The van der Waals surface area contributed by atoms with Crippen LogP contribution < -0.4 is 0 Å². The van der Waals surface area contributed by atoms with E-state index in [4.69, 9.17) is 0 Å². The highest BCUT2D eigenvalue weighted by Gasteiger charge is 2.30. The monoisotopic (exact) mass is 395 g/mol. The predicted molar refractivity (Wildman–Crippen MR) is 106 cm³/mol. The first kappa shape index (κ1) is 17.4. The molecule has 0 bridgehead atoms. The van der Waals surface area contributed by atoms with Crippen molar-refractivity contribution in [2.24, 2.45) is 5.92 Å². The summed E-state index contributed by atoms with van der Waals surface area (Å²) in [5.41, 5.74) is 2.76. The summed E-state index contributed by atoms with van der Waals surface area (Å²) in [6.07, 6.45) is 6.59. The molecule has 1 aromatic carbocycles. The number of nitrogens with zero attached hydrogens (tertiary/aromatic N) is 5. The Bertz CT molecular complexity index is 1290. The largest absolute Gasteiger partial charge is 0.274 e. The van der Waals surface area contributed by atoms with Crippen LogP contribution in [-0.2, 0) is 10.0 Å². The normalized spacial score (nSPS) is 20.4. The molecule has 0 N–H and O–H groups in total. The van der Waals surface area contributed by atoms with Crippen molar-refractivity contribution in [3.05, 3.63) is 54.1 Å². The lowest BCUT2D eigenvalue weighted by molar-refractivity contribution is 0.507. The fraction of sp³-hybridized carbons (Fsp3) is 0.350. The van der Waals surface area contributed by atoms with Crippen LogP contribution in [0.4, 0.5) is 0 Å². The molecule has 1 fully saturated rings. The summed E-state index contributed by atoms with van der Waals surface area (Å²) in [6, 6.07) is 8.62. The maximum absolute atomic E-state index is 13.2. The van der Waals surface area contributed by atoms with Crippen LogP contribution in [0.15, 0.2) is 47.6 Å². The predicted octanol–water partition coefficient (Wildman–Crippen LogP) is 3.53. The summed E-state index contributed by atoms with van der Waals surface area (Å²) in [5.74, 6) is 1.77. The molecule has 28 heavy (non-hydrogen) atoms. The highest BCUT2D eigenvalue weighted by atomic mass is 32.2. The third kappa shape index (κ3) is 2.47. The van der Waals surface area contributed by atoms with Crippen molar-refractivity contribution < 1.29 is 8.42 Å². The van der Waals surface area contributed by atoms with E-state index in [1.807, 2.05) is 11.3 Å².